The molecule has 2 heterocycles. The van der Waals surface area contributed by atoms with Gasteiger partial charge in [0.1, 0.15) is 30.0 Å². The predicted molar refractivity (Wildman–Crippen MR) is 144 cm³/mol. The average Bonchev–Trinajstić information content (AvgIpc) is 3.40. The number of amides is 1. The second kappa shape index (κ2) is 11.6. The molecule has 0 aromatic heterocycles. The van der Waals surface area contributed by atoms with Gasteiger partial charge in [0.15, 0.2) is 0 Å². The molecule has 1 N–H and O–H groups in total. The van der Waals surface area contributed by atoms with E-state index < -0.39 is 17.7 Å². The van der Waals surface area contributed by atoms with E-state index in [0.717, 1.165) is 37.4 Å². The Labute approximate surface area is 219 Å². The van der Waals surface area contributed by atoms with Crippen LogP contribution in [0.4, 0.5) is 0 Å². The highest BCUT2D eigenvalue weighted by Gasteiger charge is 2.46. The van der Waals surface area contributed by atoms with E-state index in [9.17, 15) is 14.7 Å². The molecule has 2 unspecified atom stereocenters. The third kappa shape index (κ3) is 5.57. The fourth-order valence-electron chi connectivity index (χ4n) is 5.12. The Morgan fingerprint density at radius 1 is 1.22 bits per heavy atom. The number of fused-ring (bicyclic) bond motifs is 1. The van der Waals surface area contributed by atoms with E-state index in [1.165, 1.54) is 0 Å². The Hall–Kier alpha value is -3.58. The second-order valence-electron chi connectivity index (χ2n) is 9.50. The lowest BCUT2D eigenvalue weighted by molar-refractivity contribution is -0.140. The number of carbonyl (C=O) groups is 2. The molecule has 2 aromatic carbocycles. The van der Waals surface area contributed by atoms with Gasteiger partial charge < -0.3 is 24.4 Å². The summed E-state index contributed by atoms with van der Waals surface area (Å²) in [5.41, 5.74) is 2.28. The summed E-state index contributed by atoms with van der Waals surface area (Å²) in [5, 5.41) is 11.4. The number of rotatable bonds is 11. The van der Waals surface area contributed by atoms with Crippen LogP contribution in [0.5, 0.6) is 11.5 Å². The molecule has 0 bridgehead atoms. The summed E-state index contributed by atoms with van der Waals surface area (Å²) < 4.78 is 11.5. The summed E-state index contributed by atoms with van der Waals surface area (Å²) >= 11 is 0. The zero-order chi connectivity index (χ0) is 26.5. The molecule has 7 nitrogen and oxygen atoms in total. The number of nitrogens with zero attached hydrogens (tertiary/aromatic N) is 2. The maximum atomic E-state index is 13.4. The molecule has 0 radical (unpaired) electrons. The highest BCUT2D eigenvalue weighted by atomic mass is 16.5. The van der Waals surface area contributed by atoms with Crippen LogP contribution in [0.3, 0.4) is 0 Å². The topological polar surface area (TPSA) is 79.3 Å². The number of hydrogen-bond donors (Lipinski definition) is 1. The molecule has 2 aromatic rings. The van der Waals surface area contributed by atoms with Crippen molar-refractivity contribution in [3.8, 4) is 11.5 Å². The van der Waals surface area contributed by atoms with E-state index in [1.54, 1.807) is 17.0 Å². The zero-order valence-electron chi connectivity index (χ0n) is 21.9. The van der Waals surface area contributed by atoms with Crippen LogP contribution in [0, 0.1) is 0 Å². The Bertz CT molecular complexity index is 1200. The standard InChI is InChI=1S/C30H36N2O5/c1-5-16-36-24-11-8-10-21(19-24)27-26(28(33)22-12-13-25-23(18-22)17-20(4)37-25)29(34)30(35)32(27)15-9-14-31(6-2)7-3/h5,8,10-13,18-20,27,33H,1,6-7,9,14-17H2,2-4H3/b28-26-. The van der Waals surface area contributed by atoms with Gasteiger partial charge in [-0.2, -0.15) is 0 Å². The van der Waals surface area contributed by atoms with Crippen LogP contribution in [-0.4, -0.2) is 65.5 Å². The zero-order valence-corrected chi connectivity index (χ0v) is 21.9. The first kappa shape index (κ1) is 26.5. The quantitative estimate of drug-likeness (QED) is 0.206. The highest BCUT2D eigenvalue weighted by Crippen LogP contribution is 2.41. The number of aliphatic hydroxyl groups is 1. The fourth-order valence-corrected chi connectivity index (χ4v) is 5.12. The predicted octanol–water partition coefficient (Wildman–Crippen LogP) is 4.73. The first-order valence-corrected chi connectivity index (χ1v) is 13.0. The molecule has 4 rings (SSSR count). The van der Waals surface area contributed by atoms with Crippen LogP contribution in [0.15, 0.2) is 60.7 Å². The summed E-state index contributed by atoms with van der Waals surface area (Å²) in [6.07, 6.45) is 3.15. The normalized spacial score (nSPS) is 20.3. The van der Waals surface area contributed by atoms with Crippen LogP contribution in [0.25, 0.3) is 5.76 Å². The first-order chi connectivity index (χ1) is 17.9. The molecular weight excluding hydrogens is 468 g/mol. The minimum absolute atomic E-state index is 0.0575. The van der Waals surface area contributed by atoms with Crippen molar-refractivity contribution in [2.45, 2.75) is 45.8 Å². The molecule has 0 spiro atoms. The largest absolute Gasteiger partial charge is 0.507 e. The maximum Gasteiger partial charge on any atom is 0.295 e. The van der Waals surface area contributed by atoms with Crippen molar-refractivity contribution in [1.82, 2.24) is 9.80 Å². The Morgan fingerprint density at radius 2 is 2.00 bits per heavy atom. The fraction of sp³-hybridized carbons (Fsp3) is 0.400. The third-order valence-electron chi connectivity index (χ3n) is 7.02. The summed E-state index contributed by atoms with van der Waals surface area (Å²) in [7, 11) is 0. The molecule has 2 aliphatic rings. The van der Waals surface area contributed by atoms with Crippen molar-refractivity contribution in [2.24, 2.45) is 0 Å². The van der Waals surface area contributed by atoms with Gasteiger partial charge in [0, 0.05) is 18.5 Å². The van der Waals surface area contributed by atoms with Crippen LogP contribution < -0.4 is 9.47 Å². The van der Waals surface area contributed by atoms with Gasteiger partial charge in [-0.05, 0) is 74.4 Å². The van der Waals surface area contributed by atoms with Crippen molar-refractivity contribution in [3.63, 3.8) is 0 Å². The summed E-state index contributed by atoms with van der Waals surface area (Å²) in [4.78, 5) is 30.5. The smallest absolute Gasteiger partial charge is 0.295 e. The van der Waals surface area contributed by atoms with E-state index >= 15 is 0 Å². The number of carbonyl (C=O) groups excluding carboxylic acids is 2. The van der Waals surface area contributed by atoms with E-state index in [0.29, 0.717) is 36.4 Å². The Morgan fingerprint density at radius 3 is 2.73 bits per heavy atom. The highest BCUT2D eigenvalue weighted by molar-refractivity contribution is 6.46. The van der Waals surface area contributed by atoms with Gasteiger partial charge >= 0.3 is 0 Å². The Balaban J connectivity index is 1.74. The molecule has 1 fully saturated rings. The number of ether oxygens (including phenoxy) is 2. The van der Waals surface area contributed by atoms with Crippen molar-refractivity contribution >= 4 is 17.4 Å². The third-order valence-corrected chi connectivity index (χ3v) is 7.02. The molecule has 1 amide bonds. The molecule has 2 aliphatic heterocycles. The van der Waals surface area contributed by atoms with Crippen LogP contribution in [0.1, 0.15) is 49.9 Å². The maximum absolute atomic E-state index is 13.4. The number of likely N-dealkylation sites (tertiary alicyclic amines) is 1. The summed E-state index contributed by atoms with van der Waals surface area (Å²) in [6, 6.07) is 12.0. The molecule has 2 atom stereocenters. The van der Waals surface area contributed by atoms with Crippen LogP contribution >= 0.6 is 0 Å². The van der Waals surface area contributed by atoms with Crippen molar-refractivity contribution < 1.29 is 24.2 Å². The van der Waals surface area contributed by atoms with Gasteiger partial charge in [0.05, 0.1) is 11.6 Å². The number of Topliss-reactive ketones (excluding diaryl/α,β-unsaturated/α-hetero) is 1. The lowest BCUT2D eigenvalue weighted by Gasteiger charge is -2.27. The molecule has 1 saturated heterocycles. The van der Waals surface area contributed by atoms with Gasteiger partial charge in [-0.3, -0.25) is 9.59 Å². The second-order valence-corrected chi connectivity index (χ2v) is 9.50. The molecular formula is C30H36N2O5. The van der Waals surface area contributed by atoms with Crippen molar-refractivity contribution in [3.05, 3.63) is 77.4 Å². The molecule has 0 saturated carbocycles. The number of ketones is 1. The number of hydrogen-bond acceptors (Lipinski definition) is 6. The lowest BCUT2D eigenvalue weighted by Crippen LogP contribution is -2.33. The van der Waals surface area contributed by atoms with Gasteiger partial charge in [0.2, 0.25) is 0 Å². The van der Waals surface area contributed by atoms with E-state index in [4.69, 9.17) is 9.47 Å². The van der Waals surface area contributed by atoms with E-state index in [-0.39, 0.29) is 17.4 Å². The minimum Gasteiger partial charge on any atom is -0.507 e. The molecule has 37 heavy (non-hydrogen) atoms. The molecule has 196 valence electrons. The van der Waals surface area contributed by atoms with Crippen LogP contribution in [0.2, 0.25) is 0 Å². The van der Waals surface area contributed by atoms with Gasteiger partial charge in [-0.15, -0.1) is 0 Å². The van der Waals surface area contributed by atoms with Crippen molar-refractivity contribution in [1.29, 1.82) is 0 Å². The van der Waals surface area contributed by atoms with Gasteiger partial charge in [-0.1, -0.05) is 38.6 Å². The first-order valence-electron chi connectivity index (χ1n) is 13.0. The van der Waals surface area contributed by atoms with Crippen molar-refractivity contribution in [2.75, 3.05) is 32.8 Å². The molecule has 0 aliphatic carbocycles. The van der Waals surface area contributed by atoms with Gasteiger partial charge in [0.25, 0.3) is 11.7 Å². The summed E-state index contributed by atoms with van der Waals surface area (Å²) in [6.45, 7) is 13.3. The van der Waals surface area contributed by atoms with Gasteiger partial charge in [-0.25, -0.2) is 0 Å². The number of benzene rings is 2. The Kier molecular flexibility index (Phi) is 8.34. The lowest BCUT2D eigenvalue weighted by atomic mass is 9.94. The van der Waals surface area contributed by atoms with E-state index in [1.807, 2.05) is 43.3 Å². The van der Waals surface area contributed by atoms with E-state index in [2.05, 4.69) is 25.3 Å². The summed E-state index contributed by atoms with van der Waals surface area (Å²) in [5.74, 6) is -0.0526. The minimum atomic E-state index is -0.715. The monoisotopic (exact) mass is 504 g/mol. The molecule has 7 heteroatoms. The van der Waals surface area contributed by atoms with Crippen LogP contribution in [-0.2, 0) is 16.0 Å². The average molecular weight is 505 g/mol. The SMILES string of the molecule is C=CCOc1cccc(C2/C(=C(/O)c3ccc4c(c3)CC(C)O4)C(=O)C(=O)N2CCCN(CC)CC)c1. The number of aliphatic hydroxyl groups excluding tert-OH is 1.